The largest absolute Gasteiger partial charge is 0.543 e. The average molecular weight is 263 g/mol. The number of aromatic nitrogens is 2. The Kier molecular flexibility index (Phi) is 2.89. The van der Waals surface area contributed by atoms with Crippen LogP contribution in [0.1, 0.15) is 20.8 Å². The van der Waals surface area contributed by atoms with Gasteiger partial charge in [-0.25, -0.2) is 0 Å². The molecule has 0 spiro atoms. The van der Waals surface area contributed by atoms with Gasteiger partial charge in [0.05, 0.1) is 5.52 Å². The lowest BCUT2D eigenvalue weighted by atomic mass is 10.2. The van der Waals surface area contributed by atoms with Crippen molar-refractivity contribution in [3.05, 3.63) is 18.2 Å². The molecule has 0 saturated heterocycles. The van der Waals surface area contributed by atoms with Gasteiger partial charge >= 0.3 is 0 Å². The van der Waals surface area contributed by atoms with E-state index in [9.17, 15) is 0 Å². The van der Waals surface area contributed by atoms with Crippen LogP contribution in [-0.4, -0.2) is 18.5 Å². The van der Waals surface area contributed by atoms with E-state index in [4.69, 9.17) is 10.2 Å². The average Bonchev–Trinajstić information content (AvgIpc) is 2.58. The molecule has 4 nitrogen and oxygen atoms in total. The van der Waals surface area contributed by atoms with Crippen molar-refractivity contribution in [2.24, 2.45) is 0 Å². The molecule has 0 atom stereocenters. The van der Waals surface area contributed by atoms with Crippen molar-refractivity contribution in [3.63, 3.8) is 0 Å². The lowest BCUT2D eigenvalue weighted by Crippen LogP contribution is -2.43. The summed E-state index contributed by atoms with van der Waals surface area (Å²) < 4.78 is 6.23. The number of fused-ring (bicyclic) bond motifs is 1. The van der Waals surface area contributed by atoms with E-state index in [1.807, 2.05) is 18.2 Å². The van der Waals surface area contributed by atoms with Gasteiger partial charge < -0.3 is 10.2 Å². The Morgan fingerprint density at radius 3 is 2.56 bits per heavy atom. The lowest BCUT2D eigenvalue weighted by molar-refractivity contribution is 0.492. The van der Waals surface area contributed by atoms with Crippen molar-refractivity contribution in [2.45, 2.75) is 38.9 Å². The molecule has 0 radical (unpaired) electrons. The number of hydrogen-bond donors (Lipinski definition) is 2. The summed E-state index contributed by atoms with van der Waals surface area (Å²) in [5.74, 6) is 1.42. The second-order valence-corrected chi connectivity index (χ2v) is 10.9. The number of aromatic amines is 1. The van der Waals surface area contributed by atoms with Crippen molar-refractivity contribution in [3.8, 4) is 5.75 Å². The first-order chi connectivity index (χ1) is 8.21. The molecule has 1 heterocycles. The smallest absolute Gasteiger partial charge is 0.250 e. The van der Waals surface area contributed by atoms with Gasteiger partial charge in [0.25, 0.3) is 0 Å². The lowest BCUT2D eigenvalue weighted by Gasteiger charge is -2.36. The van der Waals surface area contributed by atoms with Crippen LogP contribution < -0.4 is 10.2 Å². The summed E-state index contributed by atoms with van der Waals surface area (Å²) in [4.78, 5) is 0. The van der Waals surface area contributed by atoms with Crippen LogP contribution in [0.15, 0.2) is 18.2 Å². The van der Waals surface area contributed by atoms with Gasteiger partial charge in [-0.05, 0) is 30.3 Å². The van der Waals surface area contributed by atoms with Crippen LogP contribution in [0.5, 0.6) is 5.75 Å². The Bertz CT molecular complexity index is 569. The van der Waals surface area contributed by atoms with Crippen molar-refractivity contribution < 1.29 is 4.43 Å². The van der Waals surface area contributed by atoms with E-state index in [1.54, 1.807) is 0 Å². The zero-order valence-electron chi connectivity index (χ0n) is 11.7. The Morgan fingerprint density at radius 2 is 1.94 bits per heavy atom. The van der Waals surface area contributed by atoms with Crippen LogP contribution in [0.2, 0.25) is 18.1 Å². The Morgan fingerprint density at radius 1 is 1.28 bits per heavy atom. The fourth-order valence-corrected chi connectivity index (χ4v) is 2.55. The molecule has 0 amide bonds. The van der Waals surface area contributed by atoms with Gasteiger partial charge in [0.2, 0.25) is 8.32 Å². The summed E-state index contributed by atoms with van der Waals surface area (Å²) in [6, 6.07) is 5.89. The Labute approximate surface area is 109 Å². The number of nitrogens with zero attached hydrogens (tertiary/aromatic N) is 1. The maximum absolute atomic E-state index is 6.23. The maximum atomic E-state index is 6.23. The molecular weight excluding hydrogens is 242 g/mol. The summed E-state index contributed by atoms with van der Waals surface area (Å²) in [6.45, 7) is 11.2. The number of nitrogen functional groups attached to an aromatic ring is 1. The van der Waals surface area contributed by atoms with Crippen LogP contribution in [0.4, 0.5) is 5.82 Å². The predicted molar refractivity (Wildman–Crippen MR) is 78.3 cm³/mol. The second-order valence-electron chi connectivity index (χ2n) is 6.18. The molecule has 3 N–H and O–H groups in total. The summed E-state index contributed by atoms with van der Waals surface area (Å²) in [7, 11) is -1.79. The van der Waals surface area contributed by atoms with Crippen LogP contribution in [0.25, 0.3) is 10.9 Å². The third kappa shape index (κ3) is 2.22. The summed E-state index contributed by atoms with van der Waals surface area (Å²) in [6.07, 6.45) is 0. The van der Waals surface area contributed by atoms with Crippen molar-refractivity contribution in [2.75, 3.05) is 5.73 Å². The SMILES string of the molecule is CC(C)(C)[Si](C)(C)Oc1ccc2c(N)n[nH]c2c1. The van der Waals surface area contributed by atoms with E-state index in [0.29, 0.717) is 5.82 Å². The van der Waals surface area contributed by atoms with Gasteiger partial charge in [-0.3, -0.25) is 5.10 Å². The van der Waals surface area contributed by atoms with Crippen LogP contribution >= 0.6 is 0 Å². The van der Waals surface area contributed by atoms with Crippen LogP contribution in [0, 0.1) is 0 Å². The fraction of sp³-hybridized carbons (Fsp3) is 0.462. The van der Waals surface area contributed by atoms with Crippen molar-refractivity contribution in [1.82, 2.24) is 10.2 Å². The van der Waals surface area contributed by atoms with E-state index >= 15 is 0 Å². The topological polar surface area (TPSA) is 63.9 Å². The molecule has 2 rings (SSSR count). The molecule has 0 bridgehead atoms. The van der Waals surface area contributed by atoms with E-state index in [2.05, 4.69) is 44.1 Å². The number of rotatable bonds is 2. The first-order valence-electron chi connectivity index (χ1n) is 6.13. The normalized spacial score (nSPS) is 12.9. The maximum Gasteiger partial charge on any atom is 0.250 e. The standard InChI is InChI=1S/C13H21N3OSi/c1-13(2,3)18(4,5)17-9-6-7-10-11(8-9)15-16-12(10)14/h6-8H,1-5H3,(H3,14,15,16). The minimum absolute atomic E-state index is 0.189. The number of nitrogens with one attached hydrogen (secondary N) is 1. The monoisotopic (exact) mass is 263 g/mol. The molecule has 0 aliphatic heterocycles. The number of anilines is 1. The van der Waals surface area contributed by atoms with E-state index in [0.717, 1.165) is 16.7 Å². The van der Waals surface area contributed by atoms with Crippen LogP contribution in [-0.2, 0) is 0 Å². The van der Waals surface area contributed by atoms with Crippen LogP contribution in [0.3, 0.4) is 0 Å². The highest BCUT2D eigenvalue weighted by Crippen LogP contribution is 2.37. The molecule has 0 fully saturated rings. The molecule has 2 aromatic rings. The highest BCUT2D eigenvalue weighted by atomic mass is 28.4. The minimum atomic E-state index is -1.79. The fourth-order valence-electron chi connectivity index (χ4n) is 1.53. The Balaban J connectivity index is 2.33. The zero-order valence-corrected chi connectivity index (χ0v) is 12.7. The molecule has 0 unspecified atom stereocenters. The van der Waals surface area contributed by atoms with E-state index in [1.165, 1.54) is 0 Å². The third-order valence-electron chi connectivity index (χ3n) is 3.74. The predicted octanol–water partition coefficient (Wildman–Crippen LogP) is 3.53. The molecule has 5 heteroatoms. The first-order valence-corrected chi connectivity index (χ1v) is 9.04. The first kappa shape index (κ1) is 13.0. The molecule has 1 aromatic carbocycles. The van der Waals surface area contributed by atoms with E-state index in [-0.39, 0.29) is 5.04 Å². The molecule has 18 heavy (non-hydrogen) atoms. The summed E-state index contributed by atoms with van der Waals surface area (Å²) in [5, 5.41) is 8.04. The molecule has 0 aliphatic rings. The van der Waals surface area contributed by atoms with Gasteiger partial charge in [0.1, 0.15) is 5.75 Å². The van der Waals surface area contributed by atoms with Gasteiger partial charge in [-0.2, -0.15) is 5.10 Å². The molecule has 0 saturated carbocycles. The number of H-pyrrole nitrogens is 1. The summed E-state index contributed by atoms with van der Waals surface area (Å²) >= 11 is 0. The minimum Gasteiger partial charge on any atom is -0.543 e. The quantitative estimate of drug-likeness (QED) is 0.815. The highest BCUT2D eigenvalue weighted by molar-refractivity contribution is 6.74. The number of hydrogen-bond acceptors (Lipinski definition) is 3. The molecular formula is C13H21N3OSi. The highest BCUT2D eigenvalue weighted by Gasteiger charge is 2.38. The van der Waals surface area contributed by atoms with Gasteiger partial charge in [0.15, 0.2) is 5.82 Å². The van der Waals surface area contributed by atoms with Gasteiger partial charge in [0, 0.05) is 11.5 Å². The molecule has 98 valence electrons. The zero-order chi connectivity index (χ0) is 13.6. The molecule has 1 aromatic heterocycles. The molecule has 0 aliphatic carbocycles. The van der Waals surface area contributed by atoms with Crippen molar-refractivity contribution >= 4 is 25.0 Å². The number of nitrogens with two attached hydrogens (primary N) is 1. The second kappa shape index (κ2) is 4.02. The van der Waals surface area contributed by atoms with Gasteiger partial charge in [-0.1, -0.05) is 20.8 Å². The summed E-state index contributed by atoms with van der Waals surface area (Å²) in [5.41, 5.74) is 6.67. The van der Waals surface area contributed by atoms with Gasteiger partial charge in [-0.15, -0.1) is 0 Å². The Hall–Kier alpha value is -1.49. The number of benzene rings is 1. The van der Waals surface area contributed by atoms with Crippen molar-refractivity contribution in [1.29, 1.82) is 0 Å². The third-order valence-corrected chi connectivity index (χ3v) is 8.10. The van der Waals surface area contributed by atoms with E-state index < -0.39 is 8.32 Å².